The van der Waals surface area contributed by atoms with Gasteiger partial charge in [-0.05, 0) is 77.7 Å². The van der Waals surface area contributed by atoms with Crippen LogP contribution in [-0.4, -0.2) is 36.6 Å². The summed E-state index contributed by atoms with van der Waals surface area (Å²) in [5.74, 6) is 0. The molecule has 0 aliphatic carbocycles. The zero-order chi connectivity index (χ0) is 24.0. The monoisotopic (exact) mass is 449 g/mol. The average molecular weight is 449 g/mol. The Kier molecular flexibility index (Phi) is 5.83. The number of carbonyl (C=O) groups is 1. The van der Waals surface area contributed by atoms with E-state index in [1.54, 1.807) is 0 Å². The number of nitrogens with one attached hydrogen (secondary N) is 1. The Morgan fingerprint density at radius 2 is 1.64 bits per heavy atom. The molecule has 0 bridgehead atoms. The van der Waals surface area contributed by atoms with Crippen molar-refractivity contribution in [1.82, 2.24) is 5.32 Å². The van der Waals surface area contributed by atoms with E-state index in [0.29, 0.717) is 0 Å². The Morgan fingerprint density at radius 1 is 1.00 bits per heavy atom. The van der Waals surface area contributed by atoms with Gasteiger partial charge in [0.25, 0.3) is 0 Å². The molecule has 0 radical (unpaired) electrons. The van der Waals surface area contributed by atoms with Gasteiger partial charge in [0.1, 0.15) is 16.8 Å². The summed E-state index contributed by atoms with van der Waals surface area (Å²) in [6.07, 6.45) is 1.52. The second-order valence-corrected chi connectivity index (χ2v) is 10.5. The van der Waals surface area contributed by atoms with E-state index in [1.807, 2.05) is 90.9 Å². The van der Waals surface area contributed by atoms with Crippen molar-refractivity contribution in [2.24, 2.45) is 0 Å². The van der Waals surface area contributed by atoms with Crippen LogP contribution in [-0.2, 0) is 14.0 Å². The van der Waals surface area contributed by atoms with E-state index < -0.39 is 30.0 Å². The number of fused-ring (bicyclic) bond motifs is 3. The van der Waals surface area contributed by atoms with Crippen LogP contribution in [0.25, 0.3) is 28.0 Å². The lowest BCUT2D eigenvalue weighted by atomic mass is 9.77. The minimum atomic E-state index is -0.596. The molecule has 6 nitrogen and oxygen atoms in total. The summed E-state index contributed by atoms with van der Waals surface area (Å²) in [5.41, 5.74) is 1.88. The van der Waals surface area contributed by atoms with Gasteiger partial charge in [0.05, 0.1) is 11.2 Å². The molecule has 1 aliphatic heterocycles. The van der Waals surface area contributed by atoms with E-state index in [4.69, 9.17) is 18.5 Å². The molecule has 0 saturated carbocycles. The van der Waals surface area contributed by atoms with Crippen molar-refractivity contribution in [2.75, 3.05) is 6.54 Å². The number of ether oxygens (including phenoxy) is 1. The zero-order valence-electron chi connectivity index (χ0n) is 20.4. The Balaban J connectivity index is 1.67. The summed E-state index contributed by atoms with van der Waals surface area (Å²) in [6.45, 7) is 13.8. The quantitative estimate of drug-likeness (QED) is 0.486. The highest BCUT2D eigenvalue weighted by atomic mass is 16.7. The molecule has 4 rings (SSSR count). The van der Waals surface area contributed by atoms with Crippen molar-refractivity contribution in [3.05, 3.63) is 53.5 Å². The Hall–Kier alpha value is -2.77. The van der Waals surface area contributed by atoms with Gasteiger partial charge in [-0.15, -0.1) is 0 Å². The number of hydrogen-bond donors (Lipinski definition) is 1. The summed E-state index contributed by atoms with van der Waals surface area (Å²) in [4.78, 5) is 12.3. The molecule has 0 atom stereocenters. The van der Waals surface area contributed by atoms with Gasteiger partial charge in [0, 0.05) is 17.3 Å². The highest BCUT2D eigenvalue weighted by Crippen LogP contribution is 2.39. The van der Waals surface area contributed by atoms with Crippen LogP contribution in [0.2, 0.25) is 0 Å². The van der Waals surface area contributed by atoms with Crippen molar-refractivity contribution >= 4 is 41.2 Å². The average Bonchev–Trinajstić information content (AvgIpc) is 3.17. The molecule has 2 aromatic carbocycles. The number of para-hydroxylation sites is 1. The van der Waals surface area contributed by atoms with Crippen molar-refractivity contribution in [3.8, 4) is 0 Å². The molecule has 3 aromatic rings. The molecule has 1 amide bonds. The van der Waals surface area contributed by atoms with Crippen molar-refractivity contribution < 1.29 is 23.3 Å². The van der Waals surface area contributed by atoms with E-state index in [9.17, 15) is 4.79 Å². The van der Waals surface area contributed by atoms with Gasteiger partial charge < -0.3 is 23.8 Å². The molecule has 2 heterocycles. The van der Waals surface area contributed by atoms with E-state index in [2.05, 4.69) is 11.4 Å². The first-order valence-corrected chi connectivity index (χ1v) is 11.3. The van der Waals surface area contributed by atoms with E-state index in [-0.39, 0.29) is 6.54 Å². The van der Waals surface area contributed by atoms with Gasteiger partial charge in [0.2, 0.25) is 0 Å². The summed E-state index contributed by atoms with van der Waals surface area (Å²) < 4.78 is 23.9. The molecule has 0 spiro atoms. The second-order valence-electron chi connectivity index (χ2n) is 10.5. The molecular weight excluding hydrogens is 417 g/mol. The Morgan fingerprint density at radius 3 is 2.30 bits per heavy atom. The van der Waals surface area contributed by atoms with Crippen LogP contribution in [0.1, 0.15) is 54.0 Å². The maximum Gasteiger partial charge on any atom is 0.492 e. The van der Waals surface area contributed by atoms with Crippen molar-refractivity contribution in [2.45, 2.75) is 65.3 Å². The summed E-state index contributed by atoms with van der Waals surface area (Å²) >= 11 is 0. The van der Waals surface area contributed by atoms with E-state index in [1.165, 1.54) is 0 Å². The largest absolute Gasteiger partial charge is 0.492 e. The maximum absolute atomic E-state index is 12.3. The highest BCUT2D eigenvalue weighted by molar-refractivity contribution is 6.56. The second kappa shape index (κ2) is 8.22. The predicted octanol–water partition coefficient (Wildman–Crippen LogP) is 6.13. The normalized spacial score (nSPS) is 18.2. The van der Waals surface area contributed by atoms with Crippen LogP contribution in [0.4, 0.5) is 4.79 Å². The first-order chi connectivity index (χ1) is 15.3. The smallest absolute Gasteiger partial charge is 0.456 e. The van der Waals surface area contributed by atoms with Crippen LogP contribution in [0.3, 0.4) is 0 Å². The molecule has 1 fully saturated rings. The van der Waals surface area contributed by atoms with Gasteiger partial charge in [-0.1, -0.05) is 30.3 Å². The zero-order valence-corrected chi connectivity index (χ0v) is 20.4. The third-order valence-corrected chi connectivity index (χ3v) is 6.14. The Labute approximate surface area is 195 Å². The molecule has 1 N–H and O–H groups in total. The van der Waals surface area contributed by atoms with E-state index in [0.717, 1.165) is 33.0 Å². The minimum Gasteiger partial charge on any atom is -0.456 e. The number of furan rings is 1. The third-order valence-electron chi connectivity index (χ3n) is 6.14. The van der Waals surface area contributed by atoms with Crippen LogP contribution in [0.15, 0.2) is 52.4 Å². The van der Waals surface area contributed by atoms with Crippen LogP contribution >= 0.6 is 0 Å². The number of amides is 1. The van der Waals surface area contributed by atoms with Crippen LogP contribution in [0.5, 0.6) is 0 Å². The molecule has 33 heavy (non-hydrogen) atoms. The standard InChI is InChI=1S/C26H32BNO5/c1-24(2,3)31-23(29)28-16-18(27-32-25(4,5)26(6,7)33-27)14-17-12-13-22-20(15-17)19-10-8-9-11-21(19)30-22/h8-15H,16H2,1-7H3,(H,28,29). The lowest BCUT2D eigenvalue weighted by molar-refractivity contribution is 0.00578. The van der Waals surface area contributed by atoms with Crippen molar-refractivity contribution in [1.29, 1.82) is 0 Å². The number of hydrogen-bond acceptors (Lipinski definition) is 5. The number of benzene rings is 2. The summed E-state index contributed by atoms with van der Waals surface area (Å²) in [7, 11) is -0.596. The number of alkyl carbamates (subject to hydrolysis) is 1. The lowest BCUT2D eigenvalue weighted by Crippen LogP contribution is -2.41. The lowest BCUT2D eigenvalue weighted by Gasteiger charge is -2.32. The first-order valence-electron chi connectivity index (χ1n) is 11.3. The number of rotatable bonds is 4. The summed E-state index contributed by atoms with van der Waals surface area (Å²) in [6, 6.07) is 14.0. The van der Waals surface area contributed by atoms with Gasteiger partial charge in [-0.3, -0.25) is 0 Å². The fraction of sp³-hybridized carbons (Fsp3) is 0.423. The molecule has 1 aliphatic rings. The first kappa shape index (κ1) is 23.4. The molecular formula is C26H32BNO5. The maximum atomic E-state index is 12.3. The van der Waals surface area contributed by atoms with Gasteiger partial charge in [0.15, 0.2) is 0 Å². The molecule has 7 heteroatoms. The highest BCUT2D eigenvalue weighted by Gasteiger charge is 2.52. The third kappa shape index (κ3) is 4.94. The fourth-order valence-corrected chi connectivity index (χ4v) is 3.73. The molecule has 174 valence electrons. The van der Waals surface area contributed by atoms with Gasteiger partial charge in [-0.2, -0.15) is 0 Å². The van der Waals surface area contributed by atoms with Gasteiger partial charge in [-0.25, -0.2) is 4.79 Å². The SMILES string of the molecule is CC(C)(C)OC(=O)NCC(=Cc1ccc2oc3ccccc3c2c1)B1OC(C)(C)C(C)(C)O1. The van der Waals surface area contributed by atoms with E-state index >= 15 is 0 Å². The van der Waals surface area contributed by atoms with Crippen LogP contribution < -0.4 is 5.32 Å². The fourth-order valence-electron chi connectivity index (χ4n) is 3.73. The van der Waals surface area contributed by atoms with Gasteiger partial charge >= 0.3 is 13.2 Å². The van der Waals surface area contributed by atoms with Crippen LogP contribution in [0, 0.1) is 0 Å². The predicted molar refractivity (Wildman–Crippen MR) is 132 cm³/mol. The molecule has 0 unspecified atom stereocenters. The number of carbonyl (C=O) groups excluding carboxylic acids is 1. The summed E-state index contributed by atoms with van der Waals surface area (Å²) in [5, 5.41) is 4.94. The topological polar surface area (TPSA) is 69.9 Å². The molecule has 1 saturated heterocycles. The molecule has 1 aromatic heterocycles. The Bertz CT molecular complexity index is 1200. The van der Waals surface area contributed by atoms with Crippen molar-refractivity contribution in [3.63, 3.8) is 0 Å². The minimum absolute atomic E-state index is 0.232.